The first-order valence-corrected chi connectivity index (χ1v) is 8.37. The van der Waals surface area contributed by atoms with E-state index < -0.39 is 53.2 Å². The fourth-order valence-electron chi connectivity index (χ4n) is 2.60. The number of methoxy groups -OCH3 is 2. The van der Waals surface area contributed by atoms with E-state index in [4.69, 9.17) is 9.47 Å². The molecule has 0 amide bonds. The second-order valence-electron chi connectivity index (χ2n) is 5.83. The Hall–Kier alpha value is -3.61. The lowest BCUT2D eigenvalue weighted by molar-refractivity contribution is -0.172. The van der Waals surface area contributed by atoms with Gasteiger partial charge < -0.3 is 14.2 Å². The van der Waals surface area contributed by atoms with Crippen molar-refractivity contribution >= 4 is 5.97 Å². The highest BCUT2D eigenvalue weighted by atomic mass is 19.4. The van der Waals surface area contributed by atoms with Gasteiger partial charge in [-0.2, -0.15) is 17.6 Å². The van der Waals surface area contributed by atoms with E-state index in [0.29, 0.717) is 4.68 Å². The van der Waals surface area contributed by atoms with Gasteiger partial charge in [0, 0.05) is 25.1 Å². The zero-order chi connectivity index (χ0) is 22.8. The highest BCUT2D eigenvalue weighted by Gasteiger charge is 2.43. The third-order valence-electron chi connectivity index (χ3n) is 3.90. The summed E-state index contributed by atoms with van der Waals surface area (Å²) in [5, 5.41) is 3.67. The average molecular weight is 444 g/mol. The number of carbonyl (C=O) groups excluding carboxylic acids is 1. The van der Waals surface area contributed by atoms with E-state index in [1.165, 1.54) is 6.07 Å². The number of ether oxygens (including phenoxy) is 3. The van der Waals surface area contributed by atoms with Crippen molar-refractivity contribution in [2.24, 2.45) is 0 Å². The molecule has 31 heavy (non-hydrogen) atoms. The number of halogens is 5. The number of carbonyl (C=O) groups is 1. The van der Waals surface area contributed by atoms with Crippen LogP contribution in [0.1, 0.15) is 5.56 Å². The highest BCUT2D eigenvalue weighted by molar-refractivity contribution is 5.74. The fourth-order valence-corrected chi connectivity index (χ4v) is 2.60. The molecule has 0 saturated carbocycles. The molecule has 0 aliphatic heterocycles. The number of hydrogen-bond donors (Lipinski definition) is 0. The molecule has 3 aromatic rings. The first kappa shape index (κ1) is 22.1. The van der Waals surface area contributed by atoms with E-state index in [-0.39, 0.29) is 5.56 Å². The van der Waals surface area contributed by atoms with Crippen molar-refractivity contribution in [3.63, 3.8) is 0 Å². The van der Waals surface area contributed by atoms with Crippen molar-refractivity contribution in [1.82, 2.24) is 19.7 Å². The quantitative estimate of drug-likeness (QED) is 0.250. The van der Waals surface area contributed by atoms with Gasteiger partial charge in [-0.15, -0.1) is 5.10 Å². The summed E-state index contributed by atoms with van der Waals surface area (Å²) in [5.41, 5.74) is -2.50. The fraction of sp³-hybridized carbons (Fsp3) is 0.222. The summed E-state index contributed by atoms with van der Waals surface area (Å²) < 4.78 is 84.4. The van der Waals surface area contributed by atoms with Crippen LogP contribution in [0.25, 0.3) is 17.1 Å². The highest BCUT2D eigenvalue weighted by Crippen LogP contribution is 2.44. The molecular formula is C18H13F5N4O4. The van der Waals surface area contributed by atoms with Crippen LogP contribution in [0.2, 0.25) is 0 Å². The van der Waals surface area contributed by atoms with E-state index in [9.17, 15) is 26.7 Å². The van der Waals surface area contributed by atoms with Crippen LogP contribution in [-0.2, 0) is 20.4 Å². The Kier molecular flexibility index (Phi) is 6.15. The number of nitrogens with zero attached hydrogens (tertiary/aromatic N) is 4. The Labute approximate surface area is 171 Å². The van der Waals surface area contributed by atoms with Crippen molar-refractivity contribution in [1.29, 1.82) is 0 Å². The summed E-state index contributed by atoms with van der Waals surface area (Å²) >= 11 is 0. The molecule has 0 fully saturated rings. The first-order chi connectivity index (χ1) is 14.7. The van der Waals surface area contributed by atoms with Gasteiger partial charge in [0.25, 0.3) is 0 Å². The third-order valence-corrected chi connectivity index (χ3v) is 3.90. The van der Waals surface area contributed by atoms with Gasteiger partial charge in [0.15, 0.2) is 11.6 Å². The number of rotatable bonds is 6. The minimum absolute atomic E-state index is 0.270. The standard InChI is InChI=1S/C18H13F5N4O4/c1-29-16(28)17(30-2)31-15-12(18(21,22)23)13(9-5-6-11(20)25-8-9)27(26-15)14-10(19)4-3-7-24-14/h3-8,17H,1-2H3. The zero-order valence-electron chi connectivity index (χ0n) is 15.9. The van der Waals surface area contributed by atoms with Gasteiger partial charge in [-0.3, -0.25) is 0 Å². The van der Waals surface area contributed by atoms with Gasteiger partial charge in [-0.05, 0) is 24.3 Å². The number of esters is 1. The largest absolute Gasteiger partial charge is 0.464 e. The average Bonchev–Trinajstić information content (AvgIpc) is 3.11. The number of hydrogen-bond acceptors (Lipinski definition) is 7. The molecule has 0 aliphatic rings. The molecule has 0 spiro atoms. The maximum Gasteiger partial charge on any atom is 0.423 e. The lowest BCUT2D eigenvalue weighted by atomic mass is 10.1. The van der Waals surface area contributed by atoms with Crippen LogP contribution >= 0.6 is 0 Å². The number of pyridine rings is 2. The molecule has 0 N–H and O–H groups in total. The molecule has 1 atom stereocenters. The van der Waals surface area contributed by atoms with E-state index in [1.54, 1.807) is 0 Å². The Morgan fingerprint density at radius 3 is 2.42 bits per heavy atom. The SMILES string of the molecule is COC(=O)C(OC)Oc1nn(-c2ncccc2F)c(-c2ccc(F)nc2)c1C(F)(F)F. The molecular weight excluding hydrogens is 431 g/mol. The molecule has 1 unspecified atom stereocenters. The maximum atomic E-state index is 14.4. The number of alkyl halides is 3. The van der Waals surface area contributed by atoms with E-state index in [0.717, 1.165) is 44.8 Å². The predicted octanol–water partition coefficient (Wildman–Crippen LogP) is 3.15. The van der Waals surface area contributed by atoms with Gasteiger partial charge >= 0.3 is 18.4 Å². The van der Waals surface area contributed by atoms with Gasteiger partial charge in [0.1, 0.15) is 5.56 Å². The van der Waals surface area contributed by atoms with Crippen molar-refractivity contribution in [2.75, 3.05) is 14.2 Å². The van der Waals surface area contributed by atoms with Gasteiger partial charge in [-0.1, -0.05) is 0 Å². The molecule has 3 rings (SSSR count). The lowest BCUT2D eigenvalue weighted by Crippen LogP contribution is -2.31. The molecule has 3 heterocycles. The van der Waals surface area contributed by atoms with Crippen molar-refractivity contribution in [2.45, 2.75) is 12.5 Å². The van der Waals surface area contributed by atoms with Crippen LogP contribution in [-0.4, -0.2) is 46.2 Å². The van der Waals surface area contributed by atoms with Gasteiger partial charge in [-0.25, -0.2) is 23.8 Å². The summed E-state index contributed by atoms with van der Waals surface area (Å²) in [6.07, 6.45) is -5.07. The number of aromatic nitrogens is 4. The van der Waals surface area contributed by atoms with Crippen LogP contribution in [0.5, 0.6) is 5.88 Å². The first-order valence-electron chi connectivity index (χ1n) is 8.37. The maximum absolute atomic E-state index is 14.4. The third kappa shape index (κ3) is 4.45. The zero-order valence-corrected chi connectivity index (χ0v) is 15.9. The molecule has 0 bridgehead atoms. The predicted molar refractivity (Wildman–Crippen MR) is 92.9 cm³/mol. The molecule has 8 nitrogen and oxygen atoms in total. The van der Waals surface area contributed by atoms with Gasteiger partial charge in [0.2, 0.25) is 11.8 Å². The minimum Gasteiger partial charge on any atom is -0.464 e. The van der Waals surface area contributed by atoms with E-state index >= 15 is 0 Å². The Morgan fingerprint density at radius 2 is 1.87 bits per heavy atom. The smallest absolute Gasteiger partial charge is 0.423 e. The summed E-state index contributed by atoms with van der Waals surface area (Å²) in [7, 11) is 1.97. The minimum atomic E-state index is -5.10. The lowest BCUT2D eigenvalue weighted by Gasteiger charge is -2.15. The summed E-state index contributed by atoms with van der Waals surface area (Å²) in [6, 6.07) is 3.98. The van der Waals surface area contributed by atoms with Crippen molar-refractivity contribution in [3.05, 3.63) is 54.0 Å². The topological polar surface area (TPSA) is 88.4 Å². The van der Waals surface area contributed by atoms with Crippen LogP contribution in [0, 0.1) is 11.8 Å². The Balaban J connectivity index is 2.32. The van der Waals surface area contributed by atoms with Crippen LogP contribution < -0.4 is 4.74 Å². The molecule has 0 aliphatic carbocycles. The van der Waals surface area contributed by atoms with Crippen LogP contribution in [0.3, 0.4) is 0 Å². The second-order valence-corrected chi connectivity index (χ2v) is 5.83. The Bertz CT molecular complexity index is 1090. The molecule has 0 saturated heterocycles. The van der Waals surface area contributed by atoms with Crippen LogP contribution in [0.4, 0.5) is 22.0 Å². The van der Waals surface area contributed by atoms with E-state index in [2.05, 4.69) is 19.8 Å². The van der Waals surface area contributed by atoms with Crippen LogP contribution in [0.15, 0.2) is 36.7 Å². The van der Waals surface area contributed by atoms with Crippen molar-refractivity contribution < 1.29 is 41.0 Å². The monoisotopic (exact) mass is 444 g/mol. The molecule has 3 aromatic heterocycles. The van der Waals surface area contributed by atoms with E-state index in [1.807, 2.05) is 0 Å². The second kappa shape index (κ2) is 8.63. The Morgan fingerprint density at radius 1 is 1.13 bits per heavy atom. The molecule has 0 radical (unpaired) electrons. The normalized spacial score (nSPS) is 12.5. The molecule has 13 heteroatoms. The molecule has 164 valence electrons. The van der Waals surface area contributed by atoms with Crippen molar-refractivity contribution in [3.8, 4) is 23.0 Å². The van der Waals surface area contributed by atoms with Gasteiger partial charge in [0.05, 0.1) is 12.8 Å². The molecule has 0 aromatic carbocycles. The summed E-state index contributed by atoms with van der Waals surface area (Å²) in [6.45, 7) is 0. The summed E-state index contributed by atoms with van der Waals surface area (Å²) in [5.74, 6) is -4.81. The summed E-state index contributed by atoms with van der Waals surface area (Å²) in [4.78, 5) is 18.8.